The van der Waals surface area contributed by atoms with Crippen molar-refractivity contribution in [1.29, 1.82) is 5.26 Å². The SMILES string of the molecule is CCCCCc1ccc(OC(=O)[C@H]2CC[C@H](CCC=CC=C(F)C#N)CC2)cc1. The molecular formula is C25H32FNO2. The summed E-state index contributed by atoms with van der Waals surface area (Å²) in [6.45, 7) is 2.20. The predicted molar refractivity (Wildman–Crippen MR) is 114 cm³/mol. The van der Waals surface area contributed by atoms with Crippen molar-refractivity contribution in [3.8, 4) is 11.8 Å². The van der Waals surface area contributed by atoms with E-state index in [0.717, 1.165) is 44.9 Å². The molecule has 0 radical (unpaired) electrons. The van der Waals surface area contributed by atoms with Crippen molar-refractivity contribution in [3.63, 3.8) is 0 Å². The molecule has 0 aromatic heterocycles. The molecule has 0 saturated heterocycles. The summed E-state index contributed by atoms with van der Waals surface area (Å²) < 4.78 is 18.3. The summed E-state index contributed by atoms with van der Waals surface area (Å²) in [4.78, 5) is 12.5. The van der Waals surface area contributed by atoms with E-state index in [1.165, 1.54) is 37.0 Å². The molecule has 1 aliphatic carbocycles. The van der Waals surface area contributed by atoms with E-state index < -0.39 is 5.83 Å². The lowest BCUT2D eigenvalue weighted by atomic mass is 9.80. The molecule has 0 unspecified atom stereocenters. The first-order valence-corrected chi connectivity index (χ1v) is 10.9. The minimum absolute atomic E-state index is 0.0151. The summed E-state index contributed by atoms with van der Waals surface area (Å²) in [5.41, 5.74) is 1.29. The van der Waals surface area contributed by atoms with Crippen LogP contribution in [0.15, 0.2) is 48.3 Å². The molecule has 2 rings (SSSR count). The fourth-order valence-corrected chi connectivity index (χ4v) is 3.81. The average molecular weight is 398 g/mol. The van der Waals surface area contributed by atoms with E-state index in [4.69, 9.17) is 10.00 Å². The first-order valence-electron chi connectivity index (χ1n) is 10.9. The van der Waals surface area contributed by atoms with Crippen LogP contribution in [0.3, 0.4) is 0 Å². The molecule has 1 fully saturated rings. The van der Waals surface area contributed by atoms with Crippen LogP contribution < -0.4 is 4.74 Å². The Kier molecular flexibility index (Phi) is 10.2. The lowest BCUT2D eigenvalue weighted by Crippen LogP contribution is -2.25. The topological polar surface area (TPSA) is 50.1 Å². The van der Waals surface area contributed by atoms with Gasteiger partial charge in [-0.2, -0.15) is 9.65 Å². The fraction of sp³-hybridized carbons (Fsp3) is 0.520. The van der Waals surface area contributed by atoms with Crippen LogP contribution in [0.25, 0.3) is 0 Å². The van der Waals surface area contributed by atoms with Crippen molar-refractivity contribution < 1.29 is 13.9 Å². The van der Waals surface area contributed by atoms with E-state index in [0.29, 0.717) is 11.7 Å². The summed E-state index contributed by atoms with van der Waals surface area (Å²) in [7, 11) is 0. The standard InChI is InChI=1S/C25H32FNO2/c1-2-3-5-8-21-13-17-24(18-14-21)29-25(28)22-15-11-20(12-16-22)9-6-4-7-10-23(26)19-27/h4,7,10,13-14,17-18,20,22H,2-3,5-6,8-9,11-12,15-16H2,1H3/t20-,22-. The molecule has 1 aliphatic rings. The maximum Gasteiger partial charge on any atom is 0.314 e. The lowest BCUT2D eigenvalue weighted by Gasteiger charge is -2.26. The third-order valence-corrected chi connectivity index (χ3v) is 5.62. The van der Waals surface area contributed by atoms with Gasteiger partial charge in [0.1, 0.15) is 11.8 Å². The third-order valence-electron chi connectivity index (χ3n) is 5.62. The van der Waals surface area contributed by atoms with Gasteiger partial charge in [0, 0.05) is 0 Å². The van der Waals surface area contributed by atoms with Crippen molar-refractivity contribution in [2.24, 2.45) is 11.8 Å². The zero-order valence-electron chi connectivity index (χ0n) is 17.4. The van der Waals surface area contributed by atoms with Crippen LogP contribution in [0, 0.1) is 23.2 Å². The van der Waals surface area contributed by atoms with Crippen molar-refractivity contribution in [2.45, 2.75) is 71.1 Å². The molecule has 0 heterocycles. The summed E-state index contributed by atoms with van der Waals surface area (Å²) >= 11 is 0. The minimum atomic E-state index is -0.772. The second-order valence-electron chi connectivity index (χ2n) is 7.87. The Morgan fingerprint density at radius 2 is 1.93 bits per heavy atom. The van der Waals surface area contributed by atoms with Gasteiger partial charge in [-0.3, -0.25) is 4.79 Å². The fourth-order valence-electron chi connectivity index (χ4n) is 3.81. The number of unbranched alkanes of at least 4 members (excludes halogenated alkanes) is 2. The molecule has 0 atom stereocenters. The van der Waals surface area contributed by atoms with E-state index >= 15 is 0 Å². The van der Waals surface area contributed by atoms with E-state index in [2.05, 4.69) is 19.1 Å². The maximum atomic E-state index is 12.7. The monoisotopic (exact) mass is 397 g/mol. The van der Waals surface area contributed by atoms with E-state index in [-0.39, 0.29) is 11.9 Å². The van der Waals surface area contributed by atoms with Gasteiger partial charge in [-0.1, -0.05) is 44.1 Å². The van der Waals surface area contributed by atoms with Gasteiger partial charge in [-0.15, -0.1) is 0 Å². The number of nitriles is 1. The number of benzene rings is 1. The first kappa shape index (κ1) is 22.9. The summed E-state index contributed by atoms with van der Waals surface area (Å²) in [5.74, 6) is 0.333. The Labute approximate surface area is 174 Å². The molecule has 0 spiro atoms. The van der Waals surface area contributed by atoms with Gasteiger partial charge in [-0.25, -0.2) is 0 Å². The number of carbonyl (C=O) groups is 1. The van der Waals surface area contributed by atoms with Crippen LogP contribution in [0.2, 0.25) is 0 Å². The number of ether oxygens (including phenoxy) is 1. The molecule has 156 valence electrons. The predicted octanol–water partition coefficient (Wildman–Crippen LogP) is 6.84. The van der Waals surface area contributed by atoms with Gasteiger partial charge < -0.3 is 4.74 Å². The van der Waals surface area contributed by atoms with E-state index in [1.807, 2.05) is 18.2 Å². The zero-order chi connectivity index (χ0) is 20.9. The summed E-state index contributed by atoms with van der Waals surface area (Å²) in [5, 5.41) is 8.34. The number of esters is 1. The molecular weight excluding hydrogens is 365 g/mol. The summed E-state index contributed by atoms with van der Waals surface area (Å²) in [6, 6.07) is 9.37. The van der Waals surface area contributed by atoms with Crippen molar-refractivity contribution in [1.82, 2.24) is 0 Å². The molecule has 0 aliphatic heterocycles. The minimum Gasteiger partial charge on any atom is -0.426 e. The van der Waals surface area contributed by atoms with Crippen LogP contribution >= 0.6 is 0 Å². The van der Waals surface area contributed by atoms with Gasteiger partial charge in [-0.05, 0) is 81.1 Å². The Morgan fingerprint density at radius 1 is 1.21 bits per heavy atom. The van der Waals surface area contributed by atoms with E-state index in [9.17, 15) is 9.18 Å². The number of rotatable bonds is 10. The highest BCUT2D eigenvalue weighted by Crippen LogP contribution is 2.32. The molecule has 0 amide bonds. The Hall–Kier alpha value is -2.41. The van der Waals surface area contributed by atoms with Crippen LogP contribution in [-0.2, 0) is 11.2 Å². The van der Waals surface area contributed by atoms with Crippen LogP contribution in [-0.4, -0.2) is 5.97 Å². The Bertz CT molecular complexity index is 722. The zero-order valence-corrected chi connectivity index (χ0v) is 17.4. The first-order chi connectivity index (χ1) is 14.1. The highest BCUT2D eigenvalue weighted by molar-refractivity contribution is 5.75. The average Bonchev–Trinajstić information content (AvgIpc) is 2.75. The molecule has 0 N–H and O–H groups in total. The third kappa shape index (κ3) is 8.64. The largest absolute Gasteiger partial charge is 0.426 e. The Morgan fingerprint density at radius 3 is 2.59 bits per heavy atom. The Balaban J connectivity index is 1.68. The maximum absolute atomic E-state index is 12.7. The van der Waals surface area contributed by atoms with Gasteiger partial charge >= 0.3 is 5.97 Å². The highest BCUT2D eigenvalue weighted by Gasteiger charge is 2.27. The molecule has 3 nitrogen and oxygen atoms in total. The number of halogens is 1. The van der Waals surface area contributed by atoms with Gasteiger partial charge in [0.25, 0.3) is 0 Å². The van der Waals surface area contributed by atoms with Crippen LogP contribution in [0.5, 0.6) is 5.75 Å². The molecule has 4 heteroatoms. The van der Waals surface area contributed by atoms with Crippen molar-refractivity contribution in [2.75, 3.05) is 0 Å². The van der Waals surface area contributed by atoms with Gasteiger partial charge in [0.15, 0.2) is 5.83 Å². The normalized spacial score (nSPS) is 19.8. The van der Waals surface area contributed by atoms with Crippen LogP contribution in [0.1, 0.15) is 70.3 Å². The quantitative estimate of drug-likeness (QED) is 0.143. The highest BCUT2D eigenvalue weighted by atomic mass is 19.1. The summed E-state index contributed by atoms with van der Waals surface area (Å²) in [6.07, 6.45) is 15.1. The van der Waals surface area contributed by atoms with Crippen LogP contribution in [0.4, 0.5) is 4.39 Å². The number of aryl methyl sites for hydroxylation is 1. The van der Waals surface area contributed by atoms with Gasteiger partial charge in [0.2, 0.25) is 0 Å². The van der Waals surface area contributed by atoms with Crippen molar-refractivity contribution >= 4 is 5.97 Å². The molecule has 29 heavy (non-hydrogen) atoms. The number of hydrogen-bond acceptors (Lipinski definition) is 3. The smallest absolute Gasteiger partial charge is 0.314 e. The molecule has 1 saturated carbocycles. The van der Waals surface area contributed by atoms with E-state index in [1.54, 1.807) is 6.08 Å². The number of nitrogens with zero attached hydrogens (tertiary/aromatic N) is 1. The number of allylic oxidation sites excluding steroid dienone is 4. The van der Waals surface area contributed by atoms with Gasteiger partial charge in [0.05, 0.1) is 5.92 Å². The molecule has 1 aromatic rings. The second kappa shape index (κ2) is 12.9. The molecule has 0 bridgehead atoms. The number of carbonyl (C=O) groups excluding carboxylic acids is 1. The number of hydrogen-bond donors (Lipinski definition) is 0. The molecule has 1 aromatic carbocycles. The second-order valence-corrected chi connectivity index (χ2v) is 7.87. The van der Waals surface area contributed by atoms with Crippen molar-refractivity contribution in [3.05, 3.63) is 53.9 Å². The lowest BCUT2D eigenvalue weighted by molar-refractivity contribution is -0.140.